The summed E-state index contributed by atoms with van der Waals surface area (Å²) >= 11 is -2.15. The predicted octanol–water partition coefficient (Wildman–Crippen LogP) is 1.93. The van der Waals surface area contributed by atoms with E-state index in [0.29, 0.717) is 55.1 Å². The van der Waals surface area contributed by atoms with Crippen molar-refractivity contribution in [3.63, 3.8) is 0 Å². The van der Waals surface area contributed by atoms with E-state index >= 15 is 0 Å². The number of amides is 2. The number of pyridine rings is 1. The van der Waals surface area contributed by atoms with Gasteiger partial charge >= 0.3 is 0 Å². The molecular formula is C19H22N4O4S. The fourth-order valence-electron chi connectivity index (χ4n) is 3.17. The van der Waals surface area contributed by atoms with E-state index in [2.05, 4.69) is 9.71 Å². The van der Waals surface area contributed by atoms with Crippen LogP contribution in [0.5, 0.6) is 0 Å². The minimum atomic E-state index is -2.15. The highest BCUT2D eigenvalue weighted by atomic mass is 32.2. The maximum Gasteiger partial charge on any atom is 0.259 e. The standard InChI is InChI=1S/C19H22N4O4S/c1-14-17(4-2-9-20-14)19(25)23-11-3-10-22(12-13-23)18(24)15-5-7-16(8-6-15)21-28(26)27/h2,4-9,21H,3,10-13H2,1H3,(H,26,27). The van der Waals surface area contributed by atoms with Crippen molar-refractivity contribution >= 4 is 28.8 Å². The third-order valence-corrected chi connectivity index (χ3v) is 5.05. The summed E-state index contributed by atoms with van der Waals surface area (Å²) in [4.78, 5) is 33.2. The average molecular weight is 402 g/mol. The highest BCUT2D eigenvalue weighted by Crippen LogP contribution is 2.15. The lowest BCUT2D eigenvalue weighted by Crippen LogP contribution is -2.37. The Hall–Kier alpha value is -2.78. The molecule has 28 heavy (non-hydrogen) atoms. The van der Waals surface area contributed by atoms with Gasteiger partial charge in [0.2, 0.25) is 0 Å². The number of aromatic nitrogens is 1. The van der Waals surface area contributed by atoms with Crippen LogP contribution >= 0.6 is 0 Å². The number of hydrogen-bond acceptors (Lipinski definition) is 4. The van der Waals surface area contributed by atoms with Crippen LogP contribution in [0.1, 0.15) is 32.8 Å². The van der Waals surface area contributed by atoms with Gasteiger partial charge in [0, 0.05) is 49.3 Å². The van der Waals surface area contributed by atoms with Gasteiger partial charge < -0.3 is 9.80 Å². The molecule has 2 amide bonds. The van der Waals surface area contributed by atoms with E-state index in [1.54, 1.807) is 52.4 Å². The molecule has 2 heterocycles. The lowest BCUT2D eigenvalue weighted by molar-refractivity contribution is 0.0718. The number of rotatable bonds is 4. The van der Waals surface area contributed by atoms with Gasteiger partial charge in [0.25, 0.3) is 23.1 Å². The topological polar surface area (TPSA) is 103 Å². The van der Waals surface area contributed by atoms with Crippen LogP contribution in [-0.4, -0.2) is 61.5 Å². The van der Waals surface area contributed by atoms with Gasteiger partial charge in [0.15, 0.2) is 0 Å². The Balaban J connectivity index is 1.64. The zero-order valence-corrected chi connectivity index (χ0v) is 16.3. The van der Waals surface area contributed by atoms with E-state index in [0.717, 1.165) is 0 Å². The summed E-state index contributed by atoms with van der Waals surface area (Å²) in [5.74, 6) is -0.184. The van der Waals surface area contributed by atoms with Gasteiger partial charge in [-0.2, -0.15) is 0 Å². The van der Waals surface area contributed by atoms with Gasteiger partial charge in [-0.3, -0.25) is 23.8 Å². The highest BCUT2D eigenvalue weighted by molar-refractivity contribution is 7.80. The second kappa shape index (κ2) is 8.94. The summed E-state index contributed by atoms with van der Waals surface area (Å²) in [5.41, 5.74) is 2.24. The first-order valence-corrected chi connectivity index (χ1v) is 10.0. The Labute approximate surface area is 166 Å². The monoisotopic (exact) mass is 402 g/mol. The SMILES string of the molecule is Cc1ncccc1C(=O)N1CCCN(C(=O)c2ccc(NS(=O)O)cc2)CC1. The van der Waals surface area contributed by atoms with Gasteiger partial charge in [-0.1, -0.05) is 0 Å². The van der Waals surface area contributed by atoms with Crippen molar-refractivity contribution in [2.24, 2.45) is 0 Å². The molecule has 9 heteroatoms. The maximum atomic E-state index is 12.8. The number of nitrogens with zero attached hydrogens (tertiary/aromatic N) is 3. The fourth-order valence-corrected chi connectivity index (χ4v) is 3.51. The Morgan fingerprint density at radius 1 is 1.04 bits per heavy atom. The second-order valence-corrected chi connectivity index (χ2v) is 7.21. The summed E-state index contributed by atoms with van der Waals surface area (Å²) in [6.07, 6.45) is 2.36. The molecule has 1 aromatic heterocycles. The molecule has 1 aromatic carbocycles. The third-order valence-electron chi connectivity index (χ3n) is 4.64. The number of carbonyl (C=O) groups is 2. The molecule has 1 fully saturated rings. The molecule has 1 saturated heterocycles. The van der Waals surface area contributed by atoms with E-state index < -0.39 is 11.3 Å². The van der Waals surface area contributed by atoms with E-state index in [1.807, 2.05) is 6.92 Å². The van der Waals surface area contributed by atoms with Gasteiger partial charge in [0.05, 0.1) is 5.56 Å². The first-order chi connectivity index (χ1) is 13.5. The van der Waals surface area contributed by atoms with Crippen molar-refractivity contribution in [3.05, 3.63) is 59.4 Å². The van der Waals surface area contributed by atoms with Gasteiger partial charge in [-0.25, -0.2) is 4.21 Å². The summed E-state index contributed by atoms with van der Waals surface area (Å²) in [5, 5.41) is 0. The second-order valence-electron chi connectivity index (χ2n) is 6.50. The lowest BCUT2D eigenvalue weighted by atomic mass is 10.1. The molecule has 148 valence electrons. The van der Waals surface area contributed by atoms with Gasteiger partial charge in [0.1, 0.15) is 0 Å². The Morgan fingerprint density at radius 2 is 1.68 bits per heavy atom. The van der Waals surface area contributed by atoms with Crippen LogP contribution in [0, 0.1) is 6.92 Å². The van der Waals surface area contributed by atoms with E-state index in [-0.39, 0.29) is 11.8 Å². The average Bonchev–Trinajstić information content (AvgIpc) is 2.94. The third kappa shape index (κ3) is 4.73. The van der Waals surface area contributed by atoms with Crippen molar-refractivity contribution in [2.75, 3.05) is 30.9 Å². The van der Waals surface area contributed by atoms with Crippen molar-refractivity contribution in [2.45, 2.75) is 13.3 Å². The van der Waals surface area contributed by atoms with Crippen LogP contribution in [0.15, 0.2) is 42.6 Å². The van der Waals surface area contributed by atoms with Crippen molar-refractivity contribution in [1.82, 2.24) is 14.8 Å². The molecule has 1 unspecified atom stereocenters. The molecule has 1 aliphatic heterocycles. The number of aryl methyl sites for hydroxylation is 1. The van der Waals surface area contributed by atoms with Crippen LogP contribution in [0.25, 0.3) is 0 Å². The molecule has 1 atom stereocenters. The van der Waals surface area contributed by atoms with Crippen molar-refractivity contribution in [1.29, 1.82) is 0 Å². The smallest absolute Gasteiger partial charge is 0.259 e. The summed E-state index contributed by atoms with van der Waals surface area (Å²) in [6.45, 7) is 3.87. The Bertz CT molecular complexity index is 888. The minimum Gasteiger partial charge on any atom is -0.337 e. The molecule has 0 bridgehead atoms. The Morgan fingerprint density at radius 3 is 2.29 bits per heavy atom. The molecule has 0 saturated carbocycles. The van der Waals surface area contributed by atoms with Gasteiger partial charge in [-0.15, -0.1) is 0 Å². The maximum absolute atomic E-state index is 12.8. The first-order valence-electron chi connectivity index (χ1n) is 8.93. The molecule has 3 rings (SSSR count). The van der Waals surface area contributed by atoms with Crippen LogP contribution in [-0.2, 0) is 11.3 Å². The molecule has 8 nitrogen and oxygen atoms in total. The van der Waals surface area contributed by atoms with Gasteiger partial charge in [-0.05, 0) is 49.7 Å². The van der Waals surface area contributed by atoms with Crippen LogP contribution < -0.4 is 4.72 Å². The number of anilines is 1. The van der Waals surface area contributed by atoms with Crippen LogP contribution in [0.3, 0.4) is 0 Å². The summed E-state index contributed by atoms with van der Waals surface area (Å²) in [7, 11) is 0. The van der Waals surface area contributed by atoms with E-state index in [1.165, 1.54) is 0 Å². The predicted molar refractivity (Wildman–Crippen MR) is 106 cm³/mol. The zero-order chi connectivity index (χ0) is 20.1. The lowest BCUT2D eigenvalue weighted by Gasteiger charge is -2.22. The van der Waals surface area contributed by atoms with Crippen molar-refractivity contribution in [3.8, 4) is 0 Å². The summed E-state index contributed by atoms with van der Waals surface area (Å²) in [6, 6.07) is 9.92. The number of benzene rings is 1. The van der Waals surface area contributed by atoms with E-state index in [9.17, 15) is 13.8 Å². The largest absolute Gasteiger partial charge is 0.337 e. The molecular weight excluding hydrogens is 380 g/mol. The normalized spacial score (nSPS) is 15.6. The molecule has 0 radical (unpaired) electrons. The van der Waals surface area contributed by atoms with Crippen molar-refractivity contribution < 1.29 is 18.4 Å². The Kier molecular flexibility index (Phi) is 6.37. The molecule has 0 spiro atoms. The highest BCUT2D eigenvalue weighted by Gasteiger charge is 2.24. The molecule has 2 N–H and O–H groups in total. The van der Waals surface area contributed by atoms with Crippen LogP contribution in [0.2, 0.25) is 0 Å². The fraction of sp³-hybridized carbons (Fsp3) is 0.316. The van der Waals surface area contributed by atoms with Crippen LogP contribution in [0.4, 0.5) is 5.69 Å². The quantitative estimate of drug-likeness (QED) is 0.761. The van der Waals surface area contributed by atoms with E-state index in [4.69, 9.17) is 4.55 Å². The zero-order valence-electron chi connectivity index (χ0n) is 15.5. The minimum absolute atomic E-state index is 0.0627. The number of hydrogen-bond donors (Lipinski definition) is 2. The molecule has 2 aromatic rings. The number of carbonyl (C=O) groups excluding carboxylic acids is 2. The first kappa shape index (κ1) is 20.0. The molecule has 1 aliphatic rings. The molecule has 0 aliphatic carbocycles. The summed E-state index contributed by atoms with van der Waals surface area (Å²) < 4.78 is 22.0. The number of nitrogens with one attached hydrogen (secondary N) is 1.